The van der Waals surface area contributed by atoms with Crippen molar-refractivity contribution in [3.63, 3.8) is 0 Å². The van der Waals surface area contributed by atoms with Crippen molar-refractivity contribution in [3.8, 4) is 0 Å². The van der Waals surface area contributed by atoms with Crippen LogP contribution in [-0.2, 0) is 19.5 Å². The quantitative estimate of drug-likeness (QED) is 0.0648. The minimum absolute atomic E-state index is 1.22. The van der Waals surface area contributed by atoms with Crippen LogP contribution in [0.25, 0.3) is 0 Å². The van der Waals surface area contributed by atoms with Crippen molar-refractivity contribution in [2.45, 2.75) is 220 Å². The number of unbranched alkanes of at least 4 members (excludes halogenated alkanes) is 25. The minimum Gasteiger partial charge on any atom is -0.234 e. The van der Waals surface area contributed by atoms with Gasteiger partial charge in [-0.25, -0.2) is 9.13 Å². The molecule has 0 radical (unpaired) electrons. The maximum atomic E-state index is 2.61. The van der Waals surface area contributed by atoms with Gasteiger partial charge in [-0.3, -0.25) is 0 Å². The van der Waals surface area contributed by atoms with Crippen LogP contribution >= 0.6 is 0 Å². The third-order valence-electron chi connectivity index (χ3n) is 8.85. The Bertz CT molecular complexity index is 605. The Morgan fingerprint density at radius 2 is 0.795 bits per heavy atom. The number of imidazole rings is 1. The van der Waals surface area contributed by atoms with Gasteiger partial charge in [-0.2, -0.15) is 0 Å². The summed E-state index contributed by atoms with van der Waals surface area (Å²) >= 11 is 0. The predicted octanol–water partition coefficient (Wildman–Crippen LogP) is 12.3. The SMILES string of the molecule is CCCCCCCCCCCCCCCn1cc[n+](CCCCC)c1CCCCCCCCCCCCCC. The first kappa shape index (κ1) is 36.2. The van der Waals surface area contributed by atoms with E-state index in [2.05, 4.69) is 42.3 Å². The predicted molar refractivity (Wildman–Crippen MR) is 175 cm³/mol. The summed E-state index contributed by atoms with van der Waals surface area (Å²) in [5.41, 5.74) is 0. The summed E-state index contributed by atoms with van der Waals surface area (Å²) in [6.07, 6.45) is 46.0. The van der Waals surface area contributed by atoms with E-state index in [1.165, 1.54) is 199 Å². The molecule has 0 spiro atoms. The normalized spacial score (nSPS) is 11.6. The van der Waals surface area contributed by atoms with Crippen molar-refractivity contribution in [1.29, 1.82) is 0 Å². The lowest BCUT2D eigenvalue weighted by Crippen LogP contribution is -2.37. The lowest BCUT2D eigenvalue weighted by Gasteiger charge is -2.07. The van der Waals surface area contributed by atoms with Gasteiger partial charge in [-0.05, 0) is 32.1 Å². The number of aromatic nitrogens is 2. The lowest BCUT2D eigenvalue weighted by atomic mass is 10.0. The fourth-order valence-electron chi connectivity index (χ4n) is 6.15. The fraction of sp³-hybridized carbons (Fsp3) is 0.919. The van der Waals surface area contributed by atoms with Crippen LogP contribution in [0.5, 0.6) is 0 Å². The zero-order valence-corrected chi connectivity index (χ0v) is 27.5. The van der Waals surface area contributed by atoms with Crippen molar-refractivity contribution in [2.24, 2.45) is 0 Å². The molecule has 0 aliphatic heterocycles. The molecular weight excluding hydrogens is 472 g/mol. The van der Waals surface area contributed by atoms with Crippen LogP contribution in [0, 0.1) is 0 Å². The van der Waals surface area contributed by atoms with E-state index in [-0.39, 0.29) is 0 Å². The van der Waals surface area contributed by atoms with Gasteiger partial charge in [0.15, 0.2) is 0 Å². The molecule has 39 heavy (non-hydrogen) atoms. The van der Waals surface area contributed by atoms with Crippen LogP contribution in [0.2, 0.25) is 0 Å². The van der Waals surface area contributed by atoms with Gasteiger partial charge in [-0.1, -0.05) is 168 Å². The van der Waals surface area contributed by atoms with Crippen molar-refractivity contribution in [2.75, 3.05) is 0 Å². The molecule has 0 unspecified atom stereocenters. The van der Waals surface area contributed by atoms with E-state index in [0.29, 0.717) is 0 Å². The average Bonchev–Trinajstić information content (AvgIpc) is 3.33. The van der Waals surface area contributed by atoms with Gasteiger partial charge < -0.3 is 0 Å². The molecule has 2 heteroatoms. The molecule has 1 aromatic rings. The molecule has 0 saturated heterocycles. The van der Waals surface area contributed by atoms with Crippen molar-refractivity contribution >= 4 is 0 Å². The Balaban J connectivity index is 2.17. The highest BCUT2D eigenvalue weighted by Gasteiger charge is 2.16. The summed E-state index contributed by atoms with van der Waals surface area (Å²) in [7, 11) is 0. The largest absolute Gasteiger partial charge is 0.256 e. The molecule has 0 N–H and O–H groups in total. The number of rotatable bonds is 31. The topological polar surface area (TPSA) is 8.81 Å². The molecule has 0 atom stereocenters. The van der Waals surface area contributed by atoms with E-state index in [1.54, 1.807) is 5.82 Å². The van der Waals surface area contributed by atoms with Gasteiger partial charge in [0.2, 0.25) is 0 Å². The zero-order valence-electron chi connectivity index (χ0n) is 27.5. The Kier molecular flexibility index (Phi) is 26.7. The monoisotopic (exact) mass is 546 g/mol. The van der Waals surface area contributed by atoms with Gasteiger partial charge >= 0.3 is 0 Å². The molecular formula is C37H73N2+. The number of hydrogen-bond acceptors (Lipinski definition) is 0. The fourth-order valence-corrected chi connectivity index (χ4v) is 6.15. The molecule has 0 aliphatic rings. The van der Waals surface area contributed by atoms with Crippen LogP contribution in [0.4, 0.5) is 0 Å². The van der Waals surface area contributed by atoms with E-state index in [0.717, 1.165) is 0 Å². The van der Waals surface area contributed by atoms with Crippen LogP contribution in [0.3, 0.4) is 0 Å². The lowest BCUT2D eigenvalue weighted by molar-refractivity contribution is -0.704. The molecule has 0 aromatic carbocycles. The van der Waals surface area contributed by atoms with Crippen LogP contribution < -0.4 is 4.57 Å². The molecule has 0 aliphatic carbocycles. The summed E-state index contributed by atoms with van der Waals surface area (Å²) < 4.78 is 5.21. The smallest absolute Gasteiger partial charge is 0.234 e. The second kappa shape index (κ2) is 28.7. The first-order valence-electron chi connectivity index (χ1n) is 18.4. The standard InChI is InChI=1S/C37H73N2/c1-4-7-10-12-14-16-18-20-22-24-26-28-31-34-39-36-35-38(33-30-9-6-3)37(39)32-29-27-25-23-21-19-17-15-13-11-8-5-2/h35-36H,4-34H2,1-3H3/q+1. The second-order valence-electron chi connectivity index (χ2n) is 12.7. The third kappa shape index (κ3) is 21.6. The van der Waals surface area contributed by atoms with Crippen LogP contribution in [-0.4, -0.2) is 4.57 Å². The molecule has 0 saturated carbocycles. The molecule has 1 aromatic heterocycles. The van der Waals surface area contributed by atoms with Gasteiger partial charge in [0.1, 0.15) is 12.4 Å². The van der Waals surface area contributed by atoms with E-state index < -0.39 is 0 Å². The van der Waals surface area contributed by atoms with Crippen LogP contribution in [0.1, 0.15) is 206 Å². The Labute approximate surface area is 247 Å². The van der Waals surface area contributed by atoms with Crippen molar-refractivity contribution in [3.05, 3.63) is 18.2 Å². The first-order valence-corrected chi connectivity index (χ1v) is 18.4. The molecule has 2 nitrogen and oxygen atoms in total. The van der Waals surface area contributed by atoms with Gasteiger partial charge in [-0.15, -0.1) is 0 Å². The van der Waals surface area contributed by atoms with Crippen molar-refractivity contribution < 1.29 is 4.57 Å². The minimum atomic E-state index is 1.22. The first-order chi connectivity index (χ1) is 19.3. The van der Waals surface area contributed by atoms with Crippen LogP contribution in [0.15, 0.2) is 12.4 Å². The second-order valence-corrected chi connectivity index (χ2v) is 12.7. The maximum Gasteiger partial charge on any atom is 0.256 e. The Morgan fingerprint density at radius 1 is 0.436 bits per heavy atom. The highest BCUT2D eigenvalue weighted by atomic mass is 15.1. The number of nitrogens with zero attached hydrogens (tertiary/aromatic N) is 2. The average molecular weight is 546 g/mol. The van der Waals surface area contributed by atoms with Gasteiger partial charge in [0.05, 0.1) is 13.1 Å². The molecule has 230 valence electrons. The summed E-state index contributed by atoms with van der Waals surface area (Å²) in [4.78, 5) is 0. The molecule has 1 heterocycles. The Hall–Kier alpha value is -0.790. The van der Waals surface area contributed by atoms with Gasteiger partial charge in [0.25, 0.3) is 5.82 Å². The van der Waals surface area contributed by atoms with E-state index >= 15 is 0 Å². The van der Waals surface area contributed by atoms with E-state index in [4.69, 9.17) is 0 Å². The van der Waals surface area contributed by atoms with Gasteiger partial charge in [0, 0.05) is 6.42 Å². The molecule has 1 rings (SSSR count). The molecule has 0 fully saturated rings. The Morgan fingerprint density at radius 3 is 1.23 bits per heavy atom. The summed E-state index contributed by atoms with van der Waals surface area (Å²) in [6.45, 7) is 9.38. The van der Waals surface area contributed by atoms with E-state index in [1.807, 2.05) is 0 Å². The molecule has 0 bridgehead atoms. The highest BCUT2D eigenvalue weighted by Crippen LogP contribution is 2.15. The highest BCUT2D eigenvalue weighted by molar-refractivity contribution is 4.84. The maximum absolute atomic E-state index is 2.61. The number of aryl methyl sites for hydroxylation is 2. The summed E-state index contributed by atoms with van der Waals surface area (Å²) in [5.74, 6) is 1.61. The molecule has 0 amide bonds. The van der Waals surface area contributed by atoms with E-state index in [9.17, 15) is 0 Å². The summed E-state index contributed by atoms with van der Waals surface area (Å²) in [6, 6.07) is 0. The zero-order chi connectivity index (χ0) is 28.1. The third-order valence-corrected chi connectivity index (χ3v) is 8.85. The summed E-state index contributed by atoms with van der Waals surface area (Å²) in [5, 5.41) is 0. The number of hydrogen-bond donors (Lipinski definition) is 0. The van der Waals surface area contributed by atoms with Crippen molar-refractivity contribution in [1.82, 2.24) is 4.57 Å².